The molecule has 0 aliphatic carbocycles. The number of sulfonamides is 1. The van der Waals surface area contributed by atoms with Gasteiger partial charge in [0.25, 0.3) is 5.91 Å². The van der Waals surface area contributed by atoms with E-state index in [1.54, 1.807) is 35.2 Å². The number of rotatable bonds is 4. The molecule has 3 aliphatic heterocycles. The van der Waals surface area contributed by atoms with Crippen LogP contribution in [0.2, 0.25) is 0 Å². The second-order valence-corrected chi connectivity index (χ2v) is 9.82. The van der Waals surface area contributed by atoms with E-state index in [0.717, 1.165) is 0 Å². The Labute approximate surface area is 191 Å². The Balaban J connectivity index is 1.20. The van der Waals surface area contributed by atoms with Crippen molar-refractivity contribution in [3.05, 3.63) is 42.5 Å². The van der Waals surface area contributed by atoms with Crippen molar-refractivity contribution in [2.75, 3.05) is 44.7 Å². The Bertz CT molecular complexity index is 1190. The van der Waals surface area contributed by atoms with Crippen LogP contribution in [0.15, 0.2) is 47.4 Å². The standard InChI is InChI=1S/C22H23N3O7S/c26-21(14-20-22(27)23-16-3-1-2-4-17(16)32-20)24-7-9-25(10-8-24)33(28,29)15-5-6-18-19(13-15)31-12-11-30-18/h1-6,13,20H,7-12,14H2,(H,23,27)/t20-/m1/s1. The van der Waals surface area contributed by atoms with E-state index >= 15 is 0 Å². The van der Waals surface area contributed by atoms with Crippen molar-refractivity contribution in [3.63, 3.8) is 0 Å². The summed E-state index contributed by atoms with van der Waals surface area (Å²) in [5, 5.41) is 2.74. The molecular weight excluding hydrogens is 450 g/mol. The fourth-order valence-corrected chi connectivity index (χ4v) is 5.46. The summed E-state index contributed by atoms with van der Waals surface area (Å²) < 4.78 is 44.1. The first-order valence-corrected chi connectivity index (χ1v) is 12.1. The smallest absolute Gasteiger partial charge is 0.266 e. The van der Waals surface area contributed by atoms with Crippen molar-refractivity contribution in [2.45, 2.75) is 17.4 Å². The molecule has 10 nitrogen and oxygen atoms in total. The molecule has 0 saturated carbocycles. The van der Waals surface area contributed by atoms with Crippen molar-refractivity contribution >= 4 is 27.5 Å². The maximum absolute atomic E-state index is 13.1. The second-order valence-electron chi connectivity index (χ2n) is 7.89. The topological polar surface area (TPSA) is 114 Å². The number of anilines is 1. The number of piperazine rings is 1. The highest BCUT2D eigenvalue weighted by Gasteiger charge is 2.34. The Morgan fingerprint density at radius 2 is 1.70 bits per heavy atom. The minimum atomic E-state index is -3.74. The van der Waals surface area contributed by atoms with Crippen LogP contribution in [0.1, 0.15) is 6.42 Å². The van der Waals surface area contributed by atoms with Crippen LogP contribution in [0.25, 0.3) is 0 Å². The van der Waals surface area contributed by atoms with Crippen LogP contribution in [0.3, 0.4) is 0 Å². The summed E-state index contributed by atoms with van der Waals surface area (Å²) in [6, 6.07) is 11.6. The number of hydrogen-bond donors (Lipinski definition) is 1. The molecule has 0 spiro atoms. The summed E-state index contributed by atoms with van der Waals surface area (Å²) in [4.78, 5) is 26.8. The van der Waals surface area contributed by atoms with Gasteiger partial charge in [0.15, 0.2) is 17.6 Å². The van der Waals surface area contributed by atoms with Crippen LogP contribution in [-0.4, -0.2) is 74.9 Å². The van der Waals surface area contributed by atoms with Gasteiger partial charge in [-0.25, -0.2) is 8.42 Å². The van der Waals surface area contributed by atoms with Crippen LogP contribution in [-0.2, 0) is 19.6 Å². The van der Waals surface area contributed by atoms with E-state index in [9.17, 15) is 18.0 Å². The molecule has 1 saturated heterocycles. The van der Waals surface area contributed by atoms with Gasteiger partial charge in [0, 0.05) is 32.2 Å². The predicted octanol–water partition coefficient (Wildman–Crippen LogP) is 1.08. The number of para-hydroxylation sites is 2. The Morgan fingerprint density at radius 1 is 0.970 bits per heavy atom. The van der Waals surface area contributed by atoms with Gasteiger partial charge in [-0.05, 0) is 24.3 Å². The zero-order chi connectivity index (χ0) is 23.0. The molecule has 1 fully saturated rings. The highest BCUT2D eigenvalue weighted by molar-refractivity contribution is 7.89. The molecular formula is C22H23N3O7S. The number of benzene rings is 2. The van der Waals surface area contributed by atoms with E-state index in [0.29, 0.717) is 36.1 Å². The molecule has 2 amide bonds. The van der Waals surface area contributed by atoms with Gasteiger partial charge in [-0.2, -0.15) is 4.31 Å². The predicted molar refractivity (Wildman–Crippen MR) is 117 cm³/mol. The summed E-state index contributed by atoms with van der Waals surface area (Å²) in [6.07, 6.45) is -1.04. The van der Waals surface area contributed by atoms with Crippen LogP contribution >= 0.6 is 0 Å². The summed E-state index contributed by atoms with van der Waals surface area (Å²) in [6.45, 7) is 1.56. The molecule has 0 unspecified atom stereocenters. The Hall–Kier alpha value is -3.31. The van der Waals surface area contributed by atoms with Gasteiger partial charge < -0.3 is 24.4 Å². The first-order valence-electron chi connectivity index (χ1n) is 10.7. The van der Waals surface area contributed by atoms with Crippen molar-refractivity contribution < 1.29 is 32.2 Å². The number of ether oxygens (including phenoxy) is 3. The minimum Gasteiger partial charge on any atom is -0.486 e. The van der Waals surface area contributed by atoms with Crippen molar-refractivity contribution in [1.82, 2.24) is 9.21 Å². The van der Waals surface area contributed by atoms with Gasteiger partial charge in [-0.1, -0.05) is 12.1 Å². The van der Waals surface area contributed by atoms with Crippen molar-refractivity contribution in [1.29, 1.82) is 0 Å². The molecule has 2 aromatic rings. The van der Waals surface area contributed by atoms with E-state index < -0.39 is 16.1 Å². The molecule has 174 valence electrons. The number of carbonyl (C=O) groups excluding carboxylic acids is 2. The number of nitrogens with one attached hydrogen (secondary N) is 1. The largest absolute Gasteiger partial charge is 0.486 e. The lowest BCUT2D eigenvalue weighted by Gasteiger charge is -2.35. The average Bonchev–Trinajstić information content (AvgIpc) is 2.84. The first-order chi connectivity index (χ1) is 15.9. The molecule has 11 heteroatoms. The lowest BCUT2D eigenvalue weighted by atomic mass is 10.1. The third kappa shape index (κ3) is 4.21. The van der Waals surface area contributed by atoms with Gasteiger partial charge in [0.05, 0.1) is 17.0 Å². The molecule has 1 N–H and O–H groups in total. The summed E-state index contributed by atoms with van der Waals surface area (Å²) in [7, 11) is -3.74. The quantitative estimate of drug-likeness (QED) is 0.707. The summed E-state index contributed by atoms with van der Waals surface area (Å²) in [5.74, 6) is 0.814. The number of nitrogens with zero attached hydrogens (tertiary/aromatic N) is 2. The van der Waals surface area contributed by atoms with Crippen LogP contribution in [0.4, 0.5) is 5.69 Å². The maximum atomic E-state index is 13.1. The van der Waals surface area contributed by atoms with Gasteiger partial charge in [0.1, 0.15) is 19.0 Å². The molecule has 2 aromatic carbocycles. The first kappa shape index (κ1) is 21.5. The highest BCUT2D eigenvalue weighted by atomic mass is 32.2. The number of carbonyl (C=O) groups is 2. The lowest BCUT2D eigenvalue weighted by Crippen LogP contribution is -2.52. The van der Waals surface area contributed by atoms with Gasteiger partial charge >= 0.3 is 0 Å². The monoisotopic (exact) mass is 473 g/mol. The SMILES string of the molecule is O=C1Nc2ccccc2O[C@@H]1CC(=O)N1CCN(S(=O)(=O)c2ccc3c(c2)OCCO3)CC1. The zero-order valence-electron chi connectivity index (χ0n) is 17.7. The van der Waals surface area contributed by atoms with Gasteiger partial charge in [-0.3, -0.25) is 9.59 Å². The summed E-state index contributed by atoms with van der Waals surface area (Å²) in [5.41, 5.74) is 0.573. The minimum absolute atomic E-state index is 0.116. The zero-order valence-corrected chi connectivity index (χ0v) is 18.5. The number of fused-ring (bicyclic) bond motifs is 2. The maximum Gasteiger partial charge on any atom is 0.266 e. The van der Waals surface area contributed by atoms with E-state index in [2.05, 4.69) is 5.32 Å². The second kappa shape index (κ2) is 8.56. The normalized spacial score (nSPS) is 20.4. The third-order valence-corrected chi connectivity index (χ3v) is 7.70. The Morgan fingerprint density at radius 3 is 2.48 bits per heavy atom. The van der Waals surface area contributed by atoms with Crippen molar-refractivity contribution in [3.8, 4) is 17.2 Å². The molecule has 1 atom stereocenters. The van der Waals surface area contributed by atoms with Crippen molar-refractivity contribution in [2.24, 2.45) is 0 Å². The molecule has 0 aromatic heterocycles. The molecule has 5 rings (SSSR count). The molecule has 0 radical (unpaired) electrons. The van der Waals surface area contributed by atoms with E-state index in [1.807, 2.05) is 0 Å². The van der Waals surface area contributed by atoms with Gasteiger partial charge in [-0.15, -0.1) is 0 Å². The average molecular weight is 474 g/mol. The molecule has 0 bridgehead atoms. The van der Waals surface area contributed by atoms with Crippen LogP contribution < -0.4 is 19.5 Å². The fourth-order valence-electron chi connectivity index (χ4n) is 4.03. The highest BCUT2D eigenvalue weighted by Crippen LogP contribution is 2.33. The molecule has 33 heavy (non-hydrogen) atoms. The molecule has 3 heterocycles. The molecule has 3 aliphatic rings. The van der Waals surface area contributed by atoms with E-state index in [1.165, 1.54) is 16.4 Å². The van der Waals surface area contributed by atoms with Crippen LogP contribution in [0, 0.1) is 0 Å². The van der Waals surface area contributed by atoms with Crippen LogP contribution in [0.5, 0.6) is 17.2 Å². The van der Waals surface area contributed by atoms with E-state index in [-0.39, 0.29) is 49.3 Å². The lowest BCUT2D eigenvalue weighted by molar-refractivity contribution is -0.138. The number of hydrogen-bond acceptors (Lipinski definition) is 7. The number of amides is 2. The van der Waals surface area contributed by atoms with E-state index in [4.69, 9.17) is 14.2 Å². The fraction of sp³-hybridized carbons (Fsp3) is 0.364. The van der Waals surface area contributed by atoms with Gasteiger partial charge in [0.2, 0.25) is 15.9 Å². The Kier molecular flexibility index (Phi) is 5.59. The summed E-state index contributed by atoms with van der Waals surface area (Å²) >= 11 is 0. The third-order valence-electron chi connectivity index (χ3n) is 5.81.